The Balaban J connectivity index is 1.78. The Labute approximate surface area is 110 Å². The van der Waals surface area contributed by atoms with E-state index in [1.165, 1.54) is 0 Å². The number of thiophene rings is 1. The van der Waals surface area contributed by atoms with Crippen LogP contribution >= 0.6 is 11.3 Å². The topological polar surface area (TPSA) is 58.3 Å². The third kappa shape index (κ3) is 2.31. The number of likely N-dealkylation sites (N-methyl/N-ethyl adjacent to an activating group) is 1. The first kappa shape index (κ1) is 11.8. The molecule has 0 saturated carbocycles. The van der Waals surface area contributed by atoms with Crippen molar-refractivity contribution in [3.8, 4) is 0 Å². The molecule has 0 bridgehead atoms. The summed E-state index contributed by atoms with van der Waals surface area (Å²) < 4.78 is 0. The number of hydrogen-bond acceptors (Lipinski definition) is 6. The predicted octanol–water partition coefficient (Wildman–Crippen LogP) is 1.02. The fraction of sp³-hybridized carbons (Fsp3) is 0.500. The van der Waals surface area contributed by atoms with Crippen LogP contribution in [0.2, 0.25) is 0 Å². The second kappa shape index (κ2) is 4.79. The summed E-state index contributed by atoms with van der Waals surface area (Å²) in [5.74, 6) is 1.44. The molecule has 3 heterocycles. The van der Waals surface area contributed by atoms with Gasteiger partial charge in [0.15, 0.2) is 0 Å². The van der Waals surface area contributed by atoms with Gasteiger partial charge in [0.1, 0.15) is 16.5 Å². The van der Waals surface area contributed by atoms with Crippen LogP contribution in [0.3, 0.4) is 0 Å². The second-order valence-corrected chi connectivity index (χ2v) is 5.64. The van der Waals surface area contributed by atoms with E-state index in [2.05, 4.69) is 26.8 Å². The van der Waals surface area contributed by atoms with Gasteiger partial charge in [-0.15, -0.1) is 11.3 Å². The van der Waals surface area contributed by atoms with Gasteiger partial charge < -0.3 is 10.6 Å². The van der Waals surface area contributed by atoms with E-state index in [9.17, 15) is 0 Å². The van der Waals surface area contributed by atoms with Crippen molar-refractivity contribution in [1.82, 2.24) is 19.8 Å². The first-order valence-corrected chi connectivity index (χ1v) is 7.01. The van der Waals surface area contributed by atoms with E-state index in [-0.39, 0.29) is 0 Å². The number of aromatic nitrogens is 2. The van der Waals surface area contributed by atoms with Crippen LogP contribution in [0.1, 0.15) is 5.82 Å². The Bertz CT molecular complexity index is 544. The highest BCUT2D eigenvalue weighted by molar-refractivity contribution is 7.16. The SMILES string of the molecule is CN1CCN(Cc2nc(N)c3ccsc3n2)CC1. The summed E-state index contributed by atoms with van der Waals surface area (Å²) in [6.45, 7) is 5.16. The van der Waals surface area contributed by atoms with Crippen molar-refractivity contribution >= 4 is 27.4 Å². The molecule has 0 aromatic carbocycles. The van der Waals surface area contributed by atoms with Gasteiger partial charge in [-0.2, -0.15) is 0 Å². The Morgan fingerprint density at radius 2 is 2.06 bits per heavy atom. The summed E-state index contributed by atoms with van der Waals surface area (Å²) in [4.78, 5) is 14.7. The minimum atomic E-state index is 0.602. The summed E-state index contributed by atoms with van der Waals surface area (Å²) >= 11 is 1.62. The Morgan fingerprint density at radius 3 is 2.83 bits per heavy atom. The van der Waals surface area contributed by atoms with E-state index in [4.69, 9.17) is 5.73 Å². The van der Waals surface area contributed by atoms with E-state index in [1.54, 1.807) is 11.3 Å². The number of hydrogen-bond donors (Lipinski definition) is 1. The van der Waals surface area contributed by atoms with Gasteiger partial charge in [-0.1, -0.05) is 0 Å². The third-order valence-electron chi connectivity index (χ3n) is 3.36. The quantitative estimate of drug-likeness (QED) is 0.876. The zero-order valence-corrected chi connectivity index (χ0v) is 11.3. The maximum atomic E-state index is 5.96. The first-order valence-electron chi connectivity index (χ1n) is 6.13. The highest BCUT2D eigenvalue weighted by Gasteiger charge is 2.16. The van der Waals surface area contributed by atoms with Crippen LogP contribution < -0.4 is 5.73 Å². The molecule has 1 fully saturated rings. The average Bonchev–Trinajstić information content (AvgIpc) is 2.81. The Kier molecular flexibility index (Phi) is 3.15. The van der Waals surface area contributed by atoms with Crippen molar-refractivity contribution in [2.75, 3.05) is 39.0 Å². The van der Waals surface area contributed by atoms with Crippen molar-refractivity contribution < 1.29 is 0 Å². The largest absolute Gasteiger partial charge is 0.383 e. The minimum Gasteiger partial charge on any atom is -0.383 e. The number of rotatable bonds is 2. The van der Waals surface area contributed by atoms with E-state index in [0.29, 0.717) is 5.82 Å². The van der Waals surface area contributed by atoms with Crippen molar-refractivity contribution in [2.45, 2.75) is 6.54 Å². The first-order chi connectivity index (χ1) is 8.72. The van der Waals surface area contributed by atoms with Crippen molar-refractivity contribution in [1.29, 1.82) is 0 Å². The second-order valence-electron chi connectivity index (χ2n) is 4.74. The molecule has 0 atom stereocenters. The lowest BCUT2D eigenvalue weighted by molar-refractivity contribution is 0.145. The van der Waals surface area contributed by atoms with Crippen LogP contribution in [-0.2, 0) is 6.54 Å². The molecule has 96 valence electrons. The number of nitrogen functional groups attached to an aromatic ring is 1. The van der Waals surface area contributed by atoms with Gasteiger partial charge >= 0.3 is 0 Å². The zero-order chi connectivity index (χ0) is 12.5. The molecule has 0 radical (unpaired) electrons. The third-order valence-corrected chi connectivity index (χ3v) is 4.17. The monoisotopic (exact) mass is 263 g/mol. The number of anilines is 1. The average molecular weight is 263 g/mol. The molecule has 0 unspecified atom stereocenters. The number of piperazine rings is 1. The molecule has 2 aromatic rings. The van der Waals surface area contributed by atoms with Gasteiger partial charge in [-0.25, -0.2) is 9.97 Å². The lowest BCUT2D eigenvalue weighted by Gasteiger charge is -2.31. The highest BCUT2D eigenvalue weighted by atomic mass is 32.1. The molecular formula is C12H17N5S. The molecule has 0 spiro atoms. The van der Waals surface area contributed by atoms with Crippen LogP contribution in [0.15, 0.2) is 11.4 Å². The zero-order valence-electron chi connectivity index (χ0n) is 10.5. The molecule has 6 heteroatoms. The Hall–Kier alpha value is -1.24. The van der Waals surface area contributed by atoms with Gasteiger partial charge in [0.05, 0.1) is 11.9 Å². The smallest absolute Gasteiger partial charge is 0.146 e. The molecule has 5 nitrogen and oxygen atoms in total. The van der Waals surface area contributed by atoms with Crippen LogP contribution in [-0.4, -0.2) is 53.0 Å². The minimum absolute atomic E-state index is 0.602. The van der Waals surface area contributed by atoms with Gasteiger partial charge in [0.25, 0.3) is 0 Å². The van der Waals surface area contributed by atoms with Crippen molar-refractivity contribution in [3.05, 3.63) is 17.3 Å². The fourth-order valence-electron chi connectivity index (χ4n) is 2.20. The van der Waals surface area contributed by atoms with Gasteiger partial charge in [0, 0.05) is 26.2 Å². The summed E-state index contributed by atoms with van der Waals surface area (Å²) in [5, 5.41) is 2.98. The lowest BCUT2D eigenvalue weighted by Crippen LogP contribution is -2.44. The van der Waals surface area contributed by atoms with Crippen molar-refractivity contribution in [2.24, 2.45) is 0 Å². The molecular weight excluding hydrogens is 246 g/mol. The molecule has 2 N–H and O–H groups in total. The molecule has 0 aliphatic carbocycles. The maximum absolute atomic E-state index is 5.96. The van der Waals surface area contributed by atoms with Crippen LogP contribution in [0.25, 0.3) is 10.2 Å². The van der Waals surface area contributed by atoms with Crippen LogP contribution in [0.4, 0.5) is 5.82 Å². The predicted molar refractivity (Wildman–Crippen MR) is 74.6 cm³/mol. The molecule has 3 rings (SSSR count). The maximum Gasteiger partial charge on any atom is 0.146 e. The lowest BCUT2D eigenvalue weighted by atomic mass is 10.3. The molecule has 2 aromatic heterocycles. The molecule has 18 heavy (non-hydrogen) atoms. The van der Waals surface area contributed by atoms with E-state index in [1.807, 2.05) is 11.4 Å². The summed E-state index contributed by atoms with van der Waals surface area (Å²) in [7, 11) is 2.16. The normalized spacial score (nSPS) is 18.5. The van der Waals surface area contributed by atoms with Crippen molar-refractivity contribution in [3.63, 3.8) is 0 Å². The van der Waals surface area contributed by atoms with Crippen LogP contribution in [0, 0.1) is 0 Å². The van der Waals surface area contributed by atoms with E-state index < -0.39 is 0 Å². The van der Waals surface area contributed by atoms with E-state index >= 15 is 0 Å². The fourth-order valence-corrected chi connectivity index (χ4v) is 2.99. The summed E-state index contributed by atoms with van der Waals surface area (Å²) in [5.41, 5.74) is 5.96. The highest BCUT2D eigenvalue weighted by Crippen LogP contribution is 2.23. The Morgan fingerprint density at radius 1 is 1.28 bits per heavy atom. The van der Waals surface area contributed by atoms with Crippen LogP contribution in [0.5, 0.6) is 0 Å². The molecule has 1 aliphatic heterocycles. The molecule has 1 saturated heterocycles. The molecule has 0 amide bonds. The van der Waals surface area contributed by atoms with E-state index in [0.717, 1.165) is 48.8 Å². The summed E-state index contributed by atoms with van der Waals surface area (Å²) in [6.07, 6.45) is 0. The summed E-state index contributed by atoms with van der Waals surface area (Å²) in [6, 6.07) is 1.98. The number of fused-ring (bicyclic) bond motifs is 1. The van der Waals surface area contributed by atoms with Gasteiger partial charge in [-0.05, 0) is 18.5 Å². The standard InChI is InChI=1S/C12H17N5S/c1-16-3-5-17(6-4-16)8-10-14-11(13)9-2-7-18-12(9)15-10/h2,7H,3-6,8H2,1H3,(H2,13,14,15). The number of nitrogens with zero attached hydrogens (tertiary/aromatic N) is 4. The van der Waals surface area contributed by atoms with Gasteiger partial charge in [-0.3, -0.25) is 4.90 Å². The molecule has 1 aliphatic rings. The number of nitrogens with two attached hydrogens (primary N) is 1. The van der Waals surface area contributed by atoms with Gasteiger partial charge in [0.2, 0.25) is 0 Å².